The minimum atomic E-state index is -0.00835. The fourth-order valence-corrected chi connectivity index (χ4v) is 10.3. The first-order valence-corrected chi connectivity index (χ1v) is 19.6. The zero-order chi connectivity index (χ0) is 35.6. The summed E-state index contributed by atoms with van der Waals surface area (Å²) in [6.07, 6.45) is 0. The van der Waals surface area contributed by atoms with Crippen molar-refractivity contribution in [3.63, 3.8) is 0 Å². The molecule has 11 aromatic rings. The molecule has 252 valence electrons. The summed E-state index contributed by atoms with van der Waals surface area (Å²) in [7, 11) is 0. The Kier molecular flexibility index (Phi) is 7.12. The van der Waals surface area contributed by atoms with Gasteiger partial charge >= 0.3 is 299 Å². The second-order valence-electron chi connectivity index (χ2n) is 13.4. The molecule has 3 heterocycles. The molecule has 0 spiro atoms. The van der Waals surface area contributed by atoms with Crippen LogP contribution in [0.1, 0.15) is 0 Å². The smallest absolute Gasteiger partial charge is 0.0617 e. The molecule has 0 aliphatic heterocycles. The number of benzene rings is 8. The van der Waals surface area contributed by atoms with E-state index in [9.17, 15) is 0 Å². The van der Waals surface area contributed by atoms with Gasteiger partial charge in [0.05, 0.1) is 0 Å². The van der Waals surface area contributed by atoms with Gasteiger partial charge in [-0.1, -0.05) is 18.2 Å². The van der Waals surface area contributed by atoms with E-state index in [1.807, 2.05) is 54.6 Å². The van der Waals surface area contributed by atoms with Gasteiger partial charge in [0.15, 0.2) is 0 Å². The molecule has 0 unspecified atom stereocenters. The Bertz CT molecular complexity index is 3210. The Morgan fingerprint density at radius 3 is 1.69 bits per heavy atom. The van der Waals surface area contributed by atoms with Gasteiger partial charge in [-0.05, 0) is 0 Å². The SMILES string of the molecule is c1ccc(-c2cccc(-c3nc(-c4ccccc4)nc(-c4cc5c(ccc6c7ccc8oc(-c9ccccc9)nc8c7[se]c56)c5ccccc45)n3)c2)cc1. The molecule has 0 saturated carbocycles. The first-order valence-electron chi connectivity index (χ1n) is 17.9. The summed E-state index contributed by atoms with van der Waals surface area (Å²) in [6, 6.07) is 58.9. The van der Waals surface area contributed by atoms with Gasteiger partial charge in [-0.25, -0.2) is 0 Å². The molecule has 54 heavy (non-hydrogen) atoms. The fourth-order valence-electron chi connectivity index (χ4n) is 7.56. The van der Waals surface area contributed by atoms with Gasteiger partial charge in [0, 0.05) is 0 Å². The van der Waals surface area contributed by atoms with Gasteiger partial charge in [-0.15, -0.1) is 0 Å². The third kappa shape index (κ3) is 5.07. The van der Waals surface area contributed by atoms with Gasteiger partial charge in [-0.3, -0.25) is 0 Å². The number of nitrogens with zero attached hydrogens (tertiary/aromatic N) is 4. The quantitative estimate of drug-likeness (QED) is 0.129. The van der Waals surface area contributed by atoms with Crippen molar-refractivity contribution < 1.29 is 4.42 Å². The van der Waals surface area contributed by atoms with Crippen molar-refractivity contribution in [2.24, 2.45) is 0 Å². The topological polar surface area (TPSA) is 64.7 Å². The maximum atomic E-state index is 6.30. The number of rotatable bonds is 5. The van der Waals surface area contributed by atoms with E-state index in [2.05, 4.69) is 115 Å². The summed E-state index contributed by atoms with van der Waals surface area (Å²) >= 11 is -0.00835. The summed E-state index contributed by atoms with van der Waals surface area (Å²) in [4.78, 5) is 20.6. The van der Waals surface area contributed by atoms with Crippen LogP contribution in [0, 0.1) is 0 Å². The first kappa shape index (κ1) is 30.9. The van der Waals surface area contributed by atoms with Gasteiger partial charge in [0.25, 0.3) is 0 Å². The fraction of sp³-hybridized carbons (Fsp3) is 0. The van der Waals surface area contributed by atoms with E-state index in [-0.39, 0.29) is 14.5 Å². The summed E-state index contributed by atoms with van der Waals surface area (Å²) in [5.41, 5.74) is 7.87. The van der Waals surface area contributed by atoms with Crippen LogP contribution in [-0.4, -0.2) is 34.4 Å². The molecule has 0 saturated heterocycles. The molecule has 3 aromatic heterocycles. The standard InChI is InChI=1S/C48H28N4OSe/c1-4-13-29(14-5-1)32-19-12-20-33(27-32)46-50-45(30-15-6-2-7-16-30)51-47(52-46)40-28-39-36(34-21-10-11-22-35(34)40)23-24-37-38-25-26-41-42(44(38)54-43(37)39)49-48(53-41)31-17-8-3-9-18-31/h1-28H. The van der Waals surface area contributed by atoms with E-state index in [0.717, 1.165) is 49.9 Å². The Hall–Kier alpha value is -6.72. The van der Waals surface area contributed by atoms with Crippen molar-refractivity contribution in [3.05, 3.63) is 170 Å². The minimum absolute atomic E-state index is 0.00835. The van der Waals surface area contributed by atoms with Gasteiger partial charge < -0.3 is 0 Å². The number of hydrogen-bond donors (Lipinski definition) is 0. The molecule has 0 aliphatic carbocycles. The van der Waals surface area contributed by atoms with E-state index >= 15 is 0 Å². The molecule has 0 aliphatic rings. The van der Waals surface area contributed by atoms with E-state index < -0.39 is 0 Å². The van der Waals surface area contributed by atoms with Crippen molar-refractivity contribution in [2.45, 2.75) is 0 Å². The van der Waals surface area contributed by atoms with Crippen molar-refractivity contribution in [2.75, 3.05) is 0 Å². The van der Waals surface area contributed by atoms with Crippen LogP contribution in [0.5, 0.6) is 0 Å². The van der Waals surface area contributed by atoms with E-state index in [1.54, 1.807) is 0 Å². The minimum Gasteiger partial charge on any atom is -0.0617 e. The van der Waals surface area contributed by atoms with Crippen molar-refractivity contribution in [1.82, 2.24) is 19.9 Å². The number of hydrogen-bond acceptors (Lipinski definition) is 5. The van der Waals surface area contributed by atoms with Gasteiger partial charge in [-0.2, -0.15) is 0 Å². The molecule has 0 N–H and O–H groups in total. The van der Waals surface area contributed by atoms with Crippen molar-refractivity contribution in [3.8, 4) is 56.7 Å². The summed E-state index contributed by atoms with van der Waals surface area (Å²) in [5.74, 6) is 2.58. The molecule has 0 bridgehead atoms. The van der Waals surface area contributed by atoms with Crippen LogP contribution in [0.2, 0.25) is 0 Å². The predicted octanol–water partition coefficient (Wildman–Crippen LogP) is 12.0. The van der Waals surface area contributed by atoms with E-state index in [4.69, 9.17) is 24.4 Å². The molecule has 8 aromatic carbocycles. The van der Waals surface area contributed by atoms with Crippen LogP contribution in [-0.2, 0) is 0 Å². The second-order valence-corrected chi connectivity index (χ2v) is 15.5. The molecule has 6 heteroatoms. The van der Waals surface area contributed by atoms with E-state index in [0.29, 0.717) is 23.4 Å². The van der Waals surface area contributed by atoms with E-state index in [1.165, 1.54) is 35.5 Å². The molecule has 11 rings (SSSR count). The average Bonchev–Trinajstić information content (AvgIpc) is 3.87. The molecule has 0 amide bonds. The predicted molar refractivity (Wildman–Crippen MR) is 222 cm³/mol. The molecule has 0 atom stereocenters. The average molecular weight is 756 g/mol. The molecule has 5 nitrogen and oxygen atoms in total. The molecular weight excluding hydrogens is 728 g/mol. The zero-order valence-electron chi connectivity index (χ0n) is 28.8. The van der Waals surface area contributed by atoms with Crippen LogP contribution >= 0.6 is 0 Å². The summed E-state index contributed by atoms with van der Waals surface area (Å²) in [6.45, 7) is 0. The first-order chi connectivity index (χ1) is 26.7. The third-order valence-electron chi connectivity index (χ3n) is 10.2. The number of fused-ring (bicyclic) bond motifs is 9. The van der Waals surface area contributed by atoms with Crippen LogP contribution in [0.25, 0.3) is 109 Å². The molecular formula is C48H28N4OSe. The number of oxazole rings is 1. The number of aromatic nitrogens is 4. The maximum absolute atomic E-state index is 6.30. The Balaban J connectivity index is 1.16. The van der Waals surface area contributed by atoms with Crippen molar-refractivity contribution in [1.29, 1.82) is 0 Å². The van der Waals surface area contributed by atoms with Crippen LogP contribution in [0.15, 0.2) is 174 Å². The van der Waals surface area contributed by atoms with Gasteiger partial charge in [0.1, 0.15) is 0 Å². The Morgan fingerprint density at radius 2 is 0.907 bits per heavy atom. The normalized spacial score (nSPS) is 11.7. The van der Waals surface area contributed by atoms with Crippen LogP contribution in [0.3, 0.4) is 0 Å². The second kappa shape index (κ2) is 12.5. The summed E-state index contributed by atoms with van der Waals surface area (Å²) < 4.78 is 8.90. The van der Waals surface area contributed by atoms with Crippen molar-refractivity contribution >= 4 is 66.4 Å². The third-order valence-corrected chi connectivity index (χ3v) is 12.8. The molecule has 0 fully saturated rings. The zero-order valence-corrected chi connectivity index (χ0v) is 30.5. The Labute approximate surface area is 316 Å². The molecule has 0 radical (unpaired) electrons. The van der Waals surface area contributed by atoms with Crippen LogP contribution in [0.4, 0.5) is 0 Å². The van der Waals surface area contributed by atoms with Gasteiger partial charge in [0.2, 0.25) is 0 Å². The Morgan fingerprint density at radius 1 is 0.352 bits per heavy atom. The monoisotopic (exact) mass is 756 g/mol. The summed E-state index contributed by atoms with van der Waals surface area (Å²) in [5, 5.41) is 7.20. The van der Waals surface area contributed by atoms with Crippen LogP contribution < -0.4 is 0 Å².